The fourth-order valence-corrected chi connectivity index (χ4v) is 3.60. The summed E-state index contributed by atoms with van der Waals surface area (Å²) in [5.74, 6) is -0.389. The number of hydrogen-bond acceptors (Lipinski definition) is 3. The van der Waals surface area contributed by atoms with E-state index in [-0.39, 0.29) is 17.1 Å². The lowest BCUT2D eigenvalue weighted by atomic mass is 9.96. The van der Waals surface area contributed by atoms with Crippen LogP contribution in [0, 0.1) is 5.82 Å². The first-order valence-corrected chi connectivity index (χ1v) is 8.96. The zero-order chi connectivity index (χ0) is 17.3. The Morgan fingerprint density at radius 1 is 1.40 bits per heavy atom. The van der Waals surface area contributed by atoms with Gasteiger partial charge in [0.05, 0.1) is 6.04 Å². The van der Waals surface area contributed by atoms with Gasteiger partial charge in [-0.15, -0.1) is 0 Å². The van der Waals surface area contributed by atoms with E-state index >= 15 is 0 Å². The molecule has 1 amide bonds. The number of hydrogen-bond donors (Lipinski definition) is 2. The van der Waals surface area contributed by atoms with Gasteiger partial charge in [-0.2, -0.15) is 5.10 Å². The van der Waals surface area contributed by atoms with Gasteiger partial charge in [-0.05, 0) is 56.0 Å². The van der Waals surface area contributed by atoms with E-state index in [2.05, 4.69) is 15.7 Å². The lowest BCUT2D eigenvalue weighted by Crippen LogP contribution is -2.33. The smallest absolute Gasteiger partial charge is 0.271 e. The molecule has 1 aromatic heterocycles. The molecule has 2 heterocycles. The zero-order valence-electron chi connectivity index (χ0n) is 14.2. The van der Waals surface area contributed by atoms with E-state index in [1.54, 1.807) is 18.2 Å². The number of piperidine rings is 1. The summed E-state index contributed by atoms with van der Waals surface area (Å²) in [6.45, 7) is 2.46. The molecule has 1 atom stereocenters. The summed E-state index contributed by atoms with van der Waals surface area (Å²) >= 11 is 0. The Bertz CT molecular complexity index is 762. The monoisotopic (exact) mass is 342 g/mol. The van der Waals surface area contributed by atoms with Gasteiger partial charge in [0, 0.05) is 24.7 Å². The Morgan fingerprint density at radius 2 is 2.28 bits per heavy atom. The van der Waals surface area contributed by atoms with Gasteiger partial charge >= 0.3 is 0 Å². The van der Waals surface area contributed by atoms with Crippen LogP contribution in [0.5, 0.6) is 0 Å². The first kappa shape index (κ1) is 16.3. The average molecular weight is 342 g/mol. The molecule has 0 bridgehead atoms. The highest BCUT2D eigenvalue weighted by Gasteiger charge is 2.44. The predicted molar refractivity (Wildman–Crippen MR) is 93.0 cm³/mol. The Hall–Kier alpha value is -2.21. The minimum Gasteiger partial charge on any atom is -0.350 e. The predicted octanol–water partition coefficient (Wildman–Crippen LogP) is 2.41. The number of carbonyl (C=O) groups excluding carboxylic acids is 1. The molecule has 2 fully saturated rings. The average Bonchev–Trinajstić information content (AvgIpc) is 3.27. The maximum atomic E-state index is 13.5. The highest BCUT2D eigenvalue weighted by molar-refractivity contribution is 5.92. The molecule has 2 aromatic rings. The quantitative estimate of drug-likeness (QED) is 0.877. The van der Waals surface area contributed by atoms with E-state index in [1.807, 2.05) is 16.9 Å². The summed E-state index contributed by atoms with van der Waals surface area (Å²) in [6.07, 6.45) is 6.03. The van der Waals surface area contributed by atoms with E-state index < -0.39 is 0 Å². The normalized spacial score (nSPS) is 21.7. The second-order valence-corrected chi connectivity index (χ2v) is 7.15. The third-order valence-corrected chi connectivity index (χ3v) is 5.36. The number of aromatic nitrogens is 2. The van der Waals surface area contributed by atoms with Crippen LogP contribution < -0.4 is 10.6 Å². The first-order chi connectivity index (χ1) is 12.2. The van der Waals surface area contributed by atoms with E-state index in [0.717, 1.165) is 44.3 Å². The van der Waals surface area contributed by atoms with Gasteiger partial charge in [0.2, 0.25) is 0 Å². The molecule has 6 heteroatoms. The molecular formula is C19H23FN4O. The number of benzene rings is 1. The topological polar surface area (TPSA) is 59.0 Å². The van der Waals surface area contributed by atoms with Gasteiger partial charge in [-0.25, -0.2) is 4.39 Å². The maximum absolute atomic E-state index is 13.5. The van der Waals surface area contributed by atoms with Crippen LogP contribution in [0.4, 0.5) is 4.39 Å². The number of halogens is 1. The molecular weight excluding hydrogens is 319 g/mol. The molecule has 0 radical (unpaired) electrons. The van der Waals surface area contributed by atoms with Crippen LogP contribution in [-0.2, 0) is 5.41 Å². The van der Waals surface area contributed by atoms with Crippen LogP contribution in [0.2, 0.25) is 0 Å². The van der Waals surface area contributed by atoms with Crippen molar-refractivity contribution < 1.29 is 9.18 Å². The summed E-state index contributed by atoms with van der Waals surface area (Å²) in [6, 6.07) is 8.78. The summed E-state index contributed by atoms with van der Waals surface area (Å²) in [7, 11) is 0. The second-order valence-electron chi connectivity index (χ2n) is 7.15. The van der Waals surface area contributed by atoms with Crippen molar-refractivity contribution in [3.05, 3.63) is 53.6 Å². The Morgan fingerprint density at radius 3 is 3.00 bits per heavy atom. The van der Waals surface area contributed by atoms with Gasteiger partial charge in [-0.3, -0.25) is 9.48 Å². The summed E-state index contributed by atoms with van der Waals surface area (Å²) in [5.41, 5.74) is 1.29. The zero-order valence-corrected chi connectivity index (χ0v) is 14.2. The van der Waals surface area contributed by atoms with Crippen molar-refractivity contribution in [1.29, 1.82) is 0 Å². The number of amides is 1. The highest BCUT2D eigenvalue weighted by atomic mass is 19.1. The van der Waals surface area contributed by atoms with E-state index in [4.69, 9.17) is 0 Å². The van der Waals surface area contributed by atoms with Crippen LogP contribution >= 0.6 is 0 Å². The lowest BCUT2D eigenvalue weighted by Gasteiger charge is -2.22. The number of rotatable bonds is 5. The number of nitrogens with one attached hydrogen (secondary N) is 2. The fraction of sp³-hybridized carbons (Fsp3) is 0.474. The van der Waals surface area contributed by atoms with Crippen molar-refractivity contribution in [3.63, 3.8) is 0 Å². The van der Waals surface area contributed by atoms with Gasteiger partial charge in [0.1, 0.15) is 11.5 Å². The minimum absolute atomic E-state index is 0.117. The molecule has 5 nitrogen and oxygen atoms in total. The molecule has 2 aliphatic rings. The Kier molecular flexibility index (Phi) is 4.29. The molecule has 1 saturated heterocycles. The standard InChI is InChI=1S/C19H23FN4O/c20-15-4-1-3-14(11-15)19(7-8-19)13-22-18(25)17-6-10-24(23-17)16-5-2-9-21-12-16/h1,3-4,6,10-11,16,21H,2,5,7-9,12-13H2,(H,22,25). The molecule has 1 aromatic carbocycles. The van der Waals surface area contributed by atoms with Crippen LogP contribution in [0.1, 0.15) is 47.8 Å². The largest absolute Gasteiger partial charge is 0.350 e. The molecule has 25 heavy (non-hydrogen) atoms. The van der Waals surface area contributed by atoms with Crippen molar-refractivity contribution in [2.75, 3.05) is 19.6 Å². The van der Waals surface area contributed by atoms with Gasteiger partial charge in [0.15, 0.2) is 0 Å². The van der Waals surface area contributed by atoms with E-state index in [9.17, 15) is 9.18 Å². The van der Waals surface area contributed by atoms with Gasteiger partial charge in [0.25, 0.3) is 5.91 Å². The van der Waals surface area contributed by atoms with Crippen molar-refractivity contribution >= 4 is 5.91 Å². The Balaban J connectivity index is 1.38. The highest BCUT2D eigenvalue weighted by Crippen LogP contribution is 2.47. The summed E-state index contributed by atoms with van der Waals surface area (Å²) in [5, 5.41) is 10.8. The van der Waals surface area contributed by atoms with Crippen molar-refractivity contribution in [2.24, 2.45) is 0 Å². The fourth-order valence-electron chi connectivity index (χ4n) is 3.60. The molecule has 1 aliphatic heterocycles. The van der Waals surface area contributed by atoms with Crippen molar-refractivity contribution in [3.8, 4) is 0 Å². The van der Waals surface area contributed by atoms with Crippen molar-refractivity contribution in [2.45, 2.75) is 37.1 Å². The van der Waals surface area contributed by atoms with Gasteiger partial charge < -0.3 is 10.6 Å². The molecule has 132 valence electrons. The third-order valence-electron chi connectivity index (χ3n) is 5.36. The van der Waals surface area contributed by atoms with Crippen LogP contribution in [-0.4, -0.2) is 35.3 Å². The number of carbonyl (C=O) groups is 1. The lowest BCUT2D eigenvalue weighted by molar-refractivity contribution is 0.0943. The first-order valence-electron chi connectivity index (χ1n) is 8.96. The maximum Gasteiger partial charge on any atom is 0.271 e. The van der Waals surface area contributed by atoms with Crippen LogP contribution in [0.15, 0.2) is 36.5 Å². The summed E-state index contributed by atoms with van der Waals surface area (Å²) in [4.78, 5) is 12.4. The van der Waals surface area contributed by atoms with Crippen LogP contribution in [0.3, 0.4) is 0 Å². The molecule has 4 rings (SSSR count). The van der Waals surface area contributed by atoms with Crippen LogP contribution in [0.25, 0.3) is 0 Å². The van der Waals surface area contributed by atoms with E-state index in [1.165, 1.54) is 6.07 Å². The molecule has 2 N–H and O–H groups in total. The number of nitrogens with zero attached hydrogens (tertiary/aromatic N) is 2. The third kappa shape index (κ3) is 3.44. The van der Waals surface area contributed by atoms with Crippen molar-refractivity contribution in [1.82, 2.24) is 20.4 Å². The van der Waals surface area contributed by atoms with Gasteiger partial charge in [-0.1, -0.05) is 12.1 Å². The Labute approximate surface area is 146 Å². The molecule has 1 unspecified atom stereocenters. The SMILES string of the molecule is O=C(NCC1(c2cccc(F)c2)CC1)c1ccn(C2CCCNC2)n1. The molecule has 0 spiro atoms. The molecule has 1 saturated carbocycles. The van der Waals surface area contributed by atoms with E-state index in [0.29, 0.717) is 18.3 Å². The minimum atomic E-state index is -0.227. The molecule has 1 aliphatic carbocycles. The second kappa shape index (κ2) is 6.59. The summed E-state index contributed by atoms with van der Waals surface area (Å²) < 4.78 is 15.4.